The number of ketones is 1. The van der Waals surface area contributed by atoms with E-state index >= 15 is 0 Å². The predicted molar refractivity (Wildman–Crippen MR) is 77.1 cm³/mol. The summed E-state index contributed by atoms with van der Waals surface area (Å²) in [6.45, 7) is 6.12. The average Bonchev–Trinajstić information content (AvgIpc) is 2.31. The molecule has 3 heteroatoms. The van der Waals surface area contributed by atoms with Gasteiger partial charge < -0.3 is 10.2 Å². The van der Waals surface area contributed by atoms with E-state index in [2.05, 4.69) is 13.8 Å². The lowest BCUT2D eigenvalue weighted by molar-refractivity contribution is -0.127. The highest BCUT2D eigenvalue weighted by atomic mass is 16.3. The summed E-state index contributed by atoms with van der Waals surface area (Å²) in [7, 11) is 0. The first-order valence-corrected chi connectivity index (χ1v) is 7.60. The molecule has 3 aliphatic carbocycles. The van der Waals surface area contributed by atoms with Crippen LogP contribution in [-0.2, 0) is 4.79 Å². The molecule has 3 rings (SSSR count). The second-order valence-corrected chi connectivity index (χ2v) is 7.53. The Morgan fingerprint density at radius 3 is 2.60 bits per heavy atom. The summed E-state index contributed by atoms with van der Waals surface area (Å²) in [4.78, 5) is 12.0. The van der Waals surface area contributed by atoms with Gasteiger partial charge in [-0.05, 0) is 68.1 Å². The maximum absolute atomic E-state index is 12.0. The van der Waals surface area contributed by atoms with Crippen LogP contribution in [-0.4, -0.2) is 27.2 Å². The molecule has 0 saturated heterocycles. The molecule has 0 aromatic carbocycles. The van der Waals surface area contributed by atoms with E-state index in [1.54, 1.807) is 13.0 Å². The van der Waals surface area contributed by atoms with E-state index in [9.17, 15) is 15.0 Å². The van der Waals surface area contributed by atoms with Crippen LogP contribution in [0.2, 0.25) is 0 Å². The fourth-order valence-corrected chi connectivity index (χ4v) is 4.71. The van der Waals surface area contributed by atoms with Crippen LogP contribution >= 0.6 is 0 Å². The predicted octanol–water partition coefficient (Wildman–Crippen LogP) is 2.52. The molecule has 3 atom stereocenters. The Kier molecular flexibility index (Phi) is 2.84. The molecule has 0 unspecified atom stereocenters. The zero-order valence-electron chi connectivity index (χ0n) is 12.6. The molecule has 0 radical (unpaired) electrons. The van der Waals surface area contributed by atoms with Crippen molar-refractivity contribution < 1.29 is 15.0 Å². The third-order valence-corrected chi connectivity index (χ3v) is 5.77. The minimum Gasteiger partial charge on any atom is -0.385 e. The minimum atomic E-state index is -1.13. The van der Waals surface area contributed by atoms with Gasteiger partial charge in [0.05, 0.1) is 5.60 Å². The summed E-state index contributed by atoms with van der Waals surface area (Å²) in [5.74, 6) is 0.0389. The standard InChI is InChI=1S/C17H24O3/c1-11-10-16(19)8-5-13-15(2,3)6-4-7-17(13,20)14(16)9-12(11)18/h9-10,13,19-20H,4-8H2,1-3H3/t13-,16+,17-/m0/s1. The summed E-state index contributed by atoms with van der Waals surface area (Å²) in [5, 5.41) is 22.2. The van der Waals surface area contributed by atoms with E-state index < -0.39 is 11.2 Å². The zero-order chi connectivity index (χ0) is 14.8. The maximum atomic E-state index is 12.0. The molecule has 2 N–H and O–H groups in total. The van der Waals surface area contributed by atoms with Gasteiger partial charge in [-0.3, -0.25) is 4.79 Å². The molecule has 2 fully saturated rings. The molecule has 0 aromatic heterocycles. The third kappa shape index (κ3) is 1.76. The number of allylic oxidation sites excluding steroid dienone is 2. The normalized spacial score (nSPS) is 43.2. The smallest absolute Gasteiger partial charge is 0.181 e. The fourth-order valence-electron chi connectivity index (χ4n) is 4.71. The molecule has 3 aliphatic rings. The molecular formula is C17H24O3. The van der Waals surface area contributed by atoms with Gasteiger partial charge in [-0.2, -0.15) is 0 Å². The summed E-state index contributed by atoms with van der Waals surface area (Å²) in [6, 6.07) is 0. The van der Waals surface area contributed by atoms with Gasteiger partial charge in [-0.1, -0.05) is 13.8 Å². The van der Waals surface area contributed by atoms with E-state index in [0.717, 1.165) is 19.3 Å². The molecule has 20 heavy (non-hydrogen) atoms. The summed E-state index contributed by atoms with van der Waals surface area (Å²) in [5.41, 5.74) is -0.981. The first-order valence-electron chi connectivity index (χ1n) is 7.60. The van der Waals surface area contributed by atoms with Crippen LogP contribution in [0.3, 0.4) is 0 Å². The Morgan fingerprint density at radius 2 is 1.90 bits per heavy atom. The highest BCUT2D eigenvalue weighted by Gasteiger charge is 2.58. The highest BCUT2D eigenvalue weighted by molar-refractivity contribution is 6.05. The number of carbonyl (C=O) groups is 1. The van der Waals surface area contributed by atoms with Crippen LogP contribution in [0.4, 0.5) is 0 Å². The van der Waals surface area contributed by atoms with Crippen molar-refractivity contribution in [1.29, 1.82) is 0 Å². The van der Waals surface area contributed by atoms with Crippen molar-refractivity contribution in [2.24, 2.45) is 11.3 Å². The lowest BCUT2D eigenvalue weighted by Crippen LogP contribution is -2.59. The van der Waals surface area contributed by atoms with Gasteiger partial charge in [0.2, 0.25) is 0 Å². The SMILES string of the molecule is CC1=C[C@]2(O)CC[C@H]3C(C)(C)CCC[C@@]3(O)C2=CC1=O. The van der Waals surface area contributed by atoms with Crippen LogP contribution in [0.15, 0.2) is 23.3 Å². The summed E-state index contributed by atoms with van der Waals surface area (Å²) < 4.78 is 0. The Hall–Kier alpha value is -0.930. The van der Waals surface area contributed by atoms with Gasteiger partial charge in [-0.25, -0.2) is 0 Å². The first-order chi connectivity index (χ1) is 9.19. The second kappa shape index (κ2) is 4.05. The quantitative estimate of drug-likeness (QED) is 0.715. The van der Waals surface area contributed by atoms with Crippen molar-refractivity contribution in [1.82, 2.24) is 0 Å². The highest BCUT2D eigenvalue weighted by Crippen LogP contribution is 2.58. The molecule has 0 spiro atoms. The van der Waals surface area contributed by atoms with Crippen molar-refractivity contribution in [3.63, 3.8) is 0 Å². The molecule has 0 aliphatic heterocycles. The molecule has 0 aromatic rings. The van der Waals surface area contributed by atoms with Gasteiger partial charge in [0.1, 0.15) is 5.60 Å². The summed E-state index contributed by atoms with van der Waals surface area (Å²) >= 11 is 0. The van der Waals surface area contributed by atoms with Gasteiger partial charge >= 0.3 is 0 Å². The number of rotatable bonds is 0. The van der Waals surface area contributed by atoms with Crippen molar-refractivity contribution in [3.8, 4) is 0 Å². The van der Waals surface area contributed by atoms with Gasteiger partial charge in [-0.15, -0.1) is 0 Å². The average molecular weight is 276 g/mol. The molecule has 110 valence electrons. The second-order valence-electron chi connectivity index (χ2n) is 7.53. The third-order valence-electron chi connectivity index (χ3n) is 5.77. The minimum absolute atomic E-state index is 0.0500. The van der Waals surface area contributed by atoms with Crippen LogP contribution in [0, 0.1) is 11.3 Å². The lowest BCUT2D eigenvalue weighted by Gasteiger charge is -2.57. The monoisotopic (exact) mass is 276 g/mol. The van der Waals surface area contributed by atoms with E-state index in [4.69, 9.17) is 0 Å². The fraction of sp³-hybridized carbons (Fsp3) is 0.706. The Morgan fingerprint density at radius 1 is 1.20 bits per heavy atom. The van der Waals surface area contributed by atoms with Crippen LogP contribution < -0.4 is 0 Å². The first kappa shape index (κ1) is 14.0. The molecule has 0 amide bonds. The molecule has 0 heterocycles. The van der Waals surface area contributed by atoms with Crippen LogP contribution in [0.5, 0.6) is 0 Å². The molecular weight excluding hydrogens is 252 g/mol. The van der Waals surface area contributed by atoms with E-state index in [1.807, 2.05) is 0 Å². The van der Waals surface area contributed by atoms with Gasteiger partial charge in [0, 0.05) is 5.57 Å². The van der Waals surface area contributed by atoms with Crippen LogP contribution in [0.1, 0.15) is 52.9 Å². The Labute approximate surface area is 120 Å². The van der Waals surface area contributed by atoms with Gasteiger partial charge in [0.15, 0.2) is 5.78 Å². The molecule has 3 nitrogen and oxygen atoms in total. The Bertz CT molecular complexity index is 528. The lowest BCUT2D eigenvalue weighted by atomic mass is 9.51. The van der Waals surface area contributed by atoms with Crippen molar-refractivity contribution >= 4 is 5.78 Å². The number of carbonyl (C=O) groups excluding carboxylic acids is 1. The van der Waals surface area contributed by atoms with Crippen LogP contribution in [0.25, 0.3) is 0 Å². The maximum Gasteiger partial charge on any atom is 0.181 e. The van der Waals surface area contributed by atoms with E-state index in [1.165, 1.54) is 6.08 Å². The number of hydrogen-bond donors (Lipinski definition) is 2. The van der Waals surface area contributed by atoms with E-state index in [-0.39, 0.29) is 17.1 Å². The van der Waals surface area contributed by atoms with Crippen molar-refractivity contribution in [3.05, 3.63) is 23.3 Å². The number of fused-ring (bicyclic) bond motifs is 3. The van der Waals surface area contributed by atoms with E-state index in [0.29, 0.717) is 24.0 Å². The largest absolute Gasteiger partial charge is 0.385 e. The van der Waals surface area contributed by atoms with Crippen molar-refractivity contribution in [2.75, 3.05) is 0 Å². The zero-order valence-corrected chi connectivity index (χ0v) is 12.6. The van der Waals surface area contributed by atoms with Crippen molar-refractivity contribution in [2.45, 2.75) is 64.1 Å². The topological polar surface area (TPSA) is 57.5 Å². The summed E-state index contributed by atoms with van der Waals surface area (Å²) in [6.07, 6.45) is 7.23. The molecule has 2 saturated carbocycles. The molecule has 0 bridgehead atoms. The number of hydrogen-bond acceptors (Lipinski definition) is 3. The Balaban J connectivity index is 2.10. The number of aliphatic hydroxyl groups is 2. The van der Waals surface area contributed by atoms with Gasteiger partial charge in [0.25, 0.3) is 0 Å².